The lowest BCUT2D eigenvalue weighted by molar-refractivity contribution is 0.565. The Morgan fingerprint density at radius 1 is 1.29 bits per heavy atom. The fourth-order valence-corrected chi connectivity index (χ4v) is 7.06. The number of nitrogens with zero attached hydrogens (tertiary/aromatic N) is 3. The van der Waals surface area contributed by atoms with Crippen molar-refractivity contribution in [3.05, 3.63) is 68.1 Å². The fourth-order valence-electron chi connectivity index (χ4n) is 3.88. The van der Waals surface area contributed by atoms with Crippen LogP contribution in [-0.4, -0.2) is 26.7 Å². The van der Waals surface area contributed by atoms with Crippen LogP contribution in [0.4, 0.5) is 8.78 Å². The summed E-state index contributed by atoms with van der Waals surface area (Å²) in [6.07, 6.45) is 2.39. The predicted molar refractivity (Wildman–Crippen MR) is 124 cm³/mol. The second kappa shape index (κ2) is 6.94. The third-order valence-electron chi connectivity index (χ3n) is 5.59. The molecule has 0 saturated heterocycles. The van der Waals surface area contributed by atoms with Gasteiger partial charge < -0.3 is 0 Å². The molecule has 160 valence electrons. The Hall–Kier alpha value is -2.12. The monoisotopic (exact) mass is 573 g/mol. The van der Waals surface area contributed by atoms with Crippen molar-refractivity contribution in [2.45, 2.75) is 24.0 Å². The SMILES string of the molecule is C=CCC1(S(=O)(=O)n2c(=O)n(-c3ccc(I)cc3F)c3c(F)c4ncsc4cc32)CC1. The Morgan fingerprint density at radius 2 is 2.03 bits per heavy atom. The van der Waals surface area contributed by atoms with E-state index in [0.29, 0.717) is 25.1 Å². The van der Waals surface area contributed by atoms with Crippen LogP contribution in [0.15, 0.2) is 47.2 Å². The standard InChI is InChI=1S/C20H14F2IN3O3S2/c1-2-5-20(6-7-20)31(28,29)26-14-9-15-17(24-10-30-15)16(22)18(14)25(19(26)27)13-4-3-11(23)8-12(13)21/h2-4,8-10H,1,5-7H2. The molecule has 0 radical (unpaired) electrons. The molecule has 2 aromatic carbocycles. The number of hydrogen-bond donors (Lipinski definition) is 0. The molecule has 0 atom stereocenters. The molecule has 0 spiro atoms. The Bertz CT molecular complexity index is 1570. The maximum atomic E-state index is 15.5. The van der Waals surface area contributed by atoms with Gasteiger partial charge in [-0.2, -0.15) is 3.97 Å². The maximum absolute atomic E-state index is 15.5. The van der Waals surface area contributed by atoms with E-state index in [2.05, 4.69) is 11.6 Å². The highest BCUT2D eigenvalue weighted by Crippen LogP contribution is 2.48. The van der Waals surface area contributed by atoms with Crippen LogP contribution in [0.2, 0.25) is 0 Å². The average molecular weight is 573 g/mol. The van der Waals surface area contributed by atoms with Gasteiger partial charge in [0.15, 0.2) is 5.82 Å². The van der Waals surface area contributed by atoms with Gasteiger partial charge in [0, 0.05) is 3.57 Å². The van der Waals surface area contributed by atoms with Crippen molar-refractivity contribution >= 4 is 65.2 Å². The van der Waals surface area contributed by atoms with Crippen LogP contribution in [-0.2, 0) is 10.0 Å². The first kappa shape index (κ1) is 20.8. The van der Waals surface area contributed by atoms with Crippen LogP contribution >= 0.6 is 33.9 Å². The summed E-state index contributed by atoms with van der Waals surface area (Å²) in [6, 6.07) is 5.51. The van der Waals surface area contributed by atoms with Crippen molar-refractivity contribution in [3.8, 4) is 5.69 Å². The number of fused-ring (bicyclic) bond motifs is 2. The van der Waals surface area contributed by atoms with E-state index < -0.39 is 32.1 Å². The highest BCUT2D eigenvalue weighted by molar-refractivity contribution is 14.1. The van der Waals surface area contributed by atoms with Crippen LogP contribution in [0.3, 0.4) is 0 Å². The van der Waals surface area contributed by atoms with Crippen LogP contribution in [0.25, 0.3) is 26.9 Å². The molecule has 0 unspecified atom stereocenters. The molecule has 2 aromatic heterocycles. The summed E-state index contributed by atoms with van der Waals surface area (Å²) < 4.78 is 58.7. The molecule has 1 aliphatic carbocycles. The number of allylic oxidation sites excluding steroid dienone is 1. The number of benzene rings is 2. The van der Waals surface area contributed by atoms with Crippen molar-refractivity contribution in [2.75, 3.05) is 0 Å². The summed E-state index contributed by atoms with van der Waals surface area (Å²) >= 11 is 3.03. The molecule has 11 heteroatoms. The Balaban J connectivity index is 1.96. The van der Waals surface area contributed by atoms with Crippen molar-refractivity contribution in [3.63, 3.8) is 0 Å². The first-order valence-corrected chi connectivity index (χ1v) is 12.6. The van der Waals surface area contributed by atoms with E-state index in [9.17, 15) is 17.6 Å². The van der Waals surface area contributed by atoms with E-state index in [0.717, 1.165) is 15.9 Å². The lowest BCUT2D eigenvalue weighted by Gasteiger charge is -2.15. The lowest BCUT2D eigenvalue weighted by atomic mass is 10.2. The number of halogens is 3. The van der Waals surface area contributed by atoms with Crippen molar-refractivity contribution in [2.24, 2.45) is 0 Å². The summed E-state index contributed by atoms with van der Waals surface area (Å²) in [7, 11) is -4.22. The molecule has 0 bridgehead atoms. The Labute approximate surface area is 193 Å². The minimum absolute atomic E-state index is 0.000977. The summed E-state index contributed by atoms with van der Waals surface area (Å²) in [6.45, 7) is 3.62. The molecule has 1 fully saturated rings. The van der Waals surface area contributed by atoms with Gasteiger partial charge in [-0.05, 0) is 66.1 Å². The maximum Gasteiger partial charge on any atom is 0.347 e. The summed E-state index contributed by atoms with van der Waals surface area (Å²) in [4.78, 5) is 17.5. The van der Waals surface area contributed by atoms with E-state index >= 15 is 4.39 Å². The second-order valence-electron chi connectivity index (χ2n) is 7.42. The third kappa shape index (κ3) is 2.85. The Kier molecular flexibility index (Phi) is 4.65. The quantitative estimate of drug-likeness (QED) is 0.259. The van der Waals surface area contributed by atoms with E-state index in [-0.39, 0.29) is 28.7 Å². The number of rotatable bonds is 5. The van der Waals surface area contributed by atoms with Crippen LogP contribution in [0.1, 0.15) is 19.3 Å². The van der Waals surface area contributed by atoms with Gasteiger partial charge in [0.1, 0.15) is 16.9 Å². The molecular formula is C20H14F2IN3O3S2. The van der Waals surface area contributed by atoms with E-state index in [1.165, 1.54) is 29.8 Å². The van der Waals surface area contributed by atoms with E-state index in [1.807, 2.05) is 22.6 Å². The van der Waals surface area contributed by atoms with E-state index in [1.54, 1.807) is 6.07 Å². The number of hydrogen-bond acceptors (Lipinski definition) is 5. The van der Waals surface area contributed by atoms with Crippen LogP contribution in [0.5, 0.6) is 0 Å². The molecule has 1 aliphatic rings. The van der Waals surface area contributed by atoms with Gasteiger partial charge in [0.25, 0.3) is 0 Å². The van der Waals surface area contributed by atoms with Crippen molar-refractivity contribution < 1.29 is 17.2 Å². The topological polar surface area (TPSA) is 74.0 Å². The first-order chi connectivity index (χ1) is 14.7. The normalized spacial score (nSPS) is 15.6. The zero-order chi connectivity index (χ0) is 22.1. The number of thiazole rings is 1. The lowest BCUT2D eigenvalue weighted by Crippen LogP contribution is -2.37. The number of aromatic nitrogens is 3. The summed E-state index contributed by atoms with van der Waals surface area (Å²) in [5.41, 5.74) is -0.291. The highest BCUT2D eigenvalue weighted by atomic mass is 127. The van der Waals surface area contributed by atoms with Crippen LogP contribution < -0.4 is 5.69 Å². The minimum Gasteiger partial charge on any atom is -0.254 e. The van der Waals surface area contributed by atoms with Gasteiger partial charge in [-0.3, -0.25) is 4.57 Å². The highest BCUT2D eigenvalue weighted by Gasteiger charge is 2.55. The number of imidazole rings is 1. The van der Waals surface area contributed by atoms with Gasteiger partial charge in [0.05, 0.1) is 26.2 Å². The van der Waals surface area contributed by atoms with Crippen molar-refractivity contribution in [1.82, 2.24) is 13.5 Å². The molecular weight excluding hydrogens is 559 g/mol. The fraction of sp³-hybridized carbons (Fsp3) is 0.200. The van der Waals surface area contributed by atoms with Gasteiger partial charge in [-0.1, -0.05) is 6.08 Å². The molecule has 1 saturated carbocycles. The van der Waals surface area contributed by atoms with Gasteiger partial charge in [-0.25, -0.2) is 27.0 Å². The van der Waals surface area contributed by atoms with Crippen molar-refractivity contribution in [1.29, 1.82) is 0 Å². The van der Waals surface area contributed by atoms with Gasteiger partial charge >= 0.3 is 5.69 Å². The van der Waals surface area contributed by atoms with Gasteiger partial charge in [0.2, 0.25) is 10.0 Å². The predicted octanol–water partition coefficient (Wildman–Crippen LogP) is 4.57. The smallest absolute Gasteiger partial charge is 0.254 e. The first-order valence-electron chi connectivity index (χ1n) is 9.22. The van der Waals surface area contributed by atoms with Gasteiger partial charge in [-0.15, -0.1) is 17.9 Å². The zero-order valence-corrected chi connectivity index (χ0v) is 19.6. The largest absolute Gasteiger partial charge is 0.347 e. The Morgan fingerprint density at radius 3 is 2.68 bits per heavy atom. The molecule has 5 rings (SSSR count). The average Bonchev–Trinajstić information content (AvgIpc) is 3.24. The minimum atomic E-state index is -4.22. The molecule has 6 nitrogen and oxygen atoms in total. The van der Waals surface area contributed by atoms with E-state index in [4.69, 9.17) is 0 Å². The molecule has 0 N–H and O–H groups in total. The summed E-state index contributed by atoms with van der Waals surface area (Å²) in [5.74, 6) is -1.64. The summed E-state index contributed by atoms with van der Waals surface area (Å²) in [5, 5.41) is 0. The molecule has 0 aliphatic heterocycles. The second-order valence-corrected chi connectivity index (χ2v) is 11.7. The molecule has 0 amide bonds. The molecule has 2 heterocycles. The molecule has 4 aromatic rings. The zero-order valence-electron chi connectivity index (χ0n) is 15.8. The molecule has 31 heavy (non-hydrogen) atoms. The van der Waals surface area contributed by atoms with Crippen LogP contribution in [0, 0.1) is 15.2 Å². The third-order valence-corrected chi connectivity index (χ3v) is 9.54.